The molecule has 1 aromatic carbocycles. The van der Waals surface area contributed by atoms with Crippen LogP contribution in [0.3, 0.4) is 0 Å². The van der Waals surface area contributed by atoms with Crippen molar-refractivity contribution in [2.45, 2.75) is 37.5 Å². The molecule has 1 atom stereocenters. The predicted octanol–water partition coefficient (Wildman–Crippen LogP) is 3.42. The van der Waals surface area contributed by atoms with E-state index in [4.69, 9.17) is 9.47 Å². The van der Waals surface area contributed by atoms with E-state index < -0.39 is 0 Å². The Balaban J connectivity index is 1.29. The summed E-state index contributed by atoms with van der Waals surface area (Å²) in [7, 11) is 0. The van der Waals surface area contributed by atoms with E-state index in [0.29, 0.717) is 6.61 Å². The van der Waals surface area contributed by atoms with Crippen molar-refractivity contribution in [1.82, 2.24) is 9.88 Å². The molecule has 25 heavy (non-hydrogen) atoms. The summed E-state index contributed by atoms with van der Waals surface area (Å²) in [6, 6.07) is 10.6. The van der Waals surface area contributed by atoms with Gasteiger partial charge in [0.15, 0.2) is 0 Å². The van der Waals surface area contributed by atoms with E-state index in [1.165, 1.54) is 12.1 Å². The number of ether oxygens (including phenoxy) is 2. The molecule has 1 aromatic heterocycles. The van der Waals surface area contributed by atoms with Gasteiger partial charge in [-0.25, -0.2) is 4.39 Å². The van der Waals surface area contributed by atoms with Crippen LogP contribution in [0.2, 0.25) is 0 Å². The molecule has 3 heterocycles. The van der Waals surface area contributed by atoms with Gasteiger partial charge < -0.3 is 9.47 Å². The number of piperidine rings is 1. The van der Waals surface area contributed by atoms with Crippen molar-refractivity contribution in [2.24, 2.45) is 0 Å². The number of benzene rings is 1. The number of halogens is 1. The molecule has 0 aliphatic carbocycles. The maximum absolute atomic E-state index is 13.0. The Labute approximate surface area is 147 Å². The lowest BCUT2D eigenvalue weighted by atomic mass is 9.88. The molecule has 0 N–H and O–H groups in total. The summed E-state index contributed by atoms with van der Waals surface area (Å²) in [5.41, 5.74) is 1.11. The second kappa shape index (κ2) is 7.10. The maximum Gasteiger partial charge on any atom is 0.138 e. The van der Waals surface area contributed by atoms with Crippen molar-refractivity contribution in [3.8, 4) is 5.75 Å². The van der Waals surface area contributed by atoms with Crippen LogP contribution >= 0.6 is 0 Å². The highest BCUT2D eigenvalue weighted by molar-refractivity contribution is 5.17. The van der Waals surface area contributed by atoms with Crippen LogP contribution in [0, 0.1) is 5.82 Å². The van der Waals surface area contributed by atoms with E-state index in [0.717, 1.165) is 50.2 Å². The lowest BCUT2D eigenvalue weighted by molar-refractivity contribution is -0.0454. The first-order valence-electron chi connectivity index (χ1n) is 8.88. The largest absolute Gasteiger partial charge is 0.486 e. The average Bonchev–Trinajstić information content (AvgIpc) is 3.02. The van der Waals surface area contributed by atoms with Gasteiger partial charge in [0, 0.05) is 32.3 Å². The molecule has 0 bridgehead atoms. The van der Waals surface area contributed by atoms with Crippen LogP contribution in [0.4, 0.5) is 4.39 Å². The van der Waals surface area contributed by atoms with Gasteiger partial charge in [-0.05, 0) is 42.7 Å². The van der Waals surface area contributed by atoms with Crippen LogP contribution < -0.4 is 4.74 Å². The van der Waals surface area contributed by atoms with Gasteiger partial charge in [-0.2, -0.15) is 0 Å². The Morgan fingerprint density at radius 3 is 2.72 bits per heavy atom. The number of likely N-dealkylation sites (tertiary alicyclic amines) is 1. The van der Waals surface area contributed by atoms with Gasteiger partial charge in [-0.3, -0.25) is 9.88 Å². The number of aromatic nitrogens is 1. The minimum absolute atomic E-state index is 0.0494. The van der Waals surface area contributed by atoms with Gasteiger partial charge >= 0.3 is 0 Å². The highest BCUT2D eigenvalue weighted by atomic mass is 19.1. The van der Waals surface area contributed by atoms with Gasteiger partial charge in [0.1, 0.15) is 17.7 Å². The van der Waals surface area contributed by atoms with E-state index in [9.17, 15) is 4.39 Å². The summed E-state index contributed by atoms with van der Waals surface area (Å²) in [4.78, 5) is 6.50. The molecule has 2 aliphatic heterocycles. The minimum atomic E-state index is -0.180. The minimum Gasteiger partial charge on any atom is -0.486 e. The zero-order valence-corrected chi connectivity index (χ0v) is 14.2. The fraction of sp³-hybridized carbons (Fsp3) is 0.450. The molecule has 4 rings (SSSR count). The van der Waals surface area contributed by atoms with Gasteiger partial charge in [-0.1, -0.05) is 12.1 Å². The Morgan fingerprint density at radius 1 is 1.20 bits per heavy atom. The summed E-state index contributed by atoms with van der Waals surface area (Å²) in [6.45, 7) is 3.51. The third-order valence-electron chi connectivity index (χ3n) is 5.20. The van der Waals surface area contributed by atoms with Crippen molar-refractivity contribution in [3.05, 3.63) is 60.2 Å². The van der Waals surface area contributed by atoms with E-state index >= 15 is 0 Å². The van der Waals surface area contributed by atoms with Crippen LogP contribution in [0.5, 0.6) is 5.75 Å². The SMILES string of the molecule is Fc1ccc(CN2CCC3(CC2)C[C@@H](Oc2cccnc2)CO3)cc1. The quantitative estimate of drug-likeness (QED) is 0.853. The van der Waals surface area contributed by atoms with Crippen LogP contribution in [-0.4, -0.2) is 41.3 Å². The van der Waals surface area contributed by atoms with Crippen molar-refractivity contribution in [2.75, 3.05) is 19.7 Å². The molecule has 132 valence electrons. The van der Waals surface area contributed by atoms with E-state index in [2.05, 4.69) is 9.88 Å². The summed E-state index contributed by atoms with van der Waals surface area (Å²) in [6.07, 6.45) is 6.56. The number of hydrogen-bond donors (Lipinski definition) is 0. The molecule has 2 aromatic rings. The van der Waals surface area contributed by atoms with Crippen LogP contribution in [0.25, 0.3) is 0 Å². The molecule has 4 nitrogen and oxygen atoms in total. The monoisotopic (exact) mass is 342 g/mol. The van der Waals surface area contributed by atoms with Gasteiger partial charge in [0.25, 0.3) is 0 Å². The Hall–Kier alpha value is -1.98. The first-order valence-corrected chi connectivity index (χ1v) is 8.88. The van der Waals surface area contributed by atoms with Crippen molar-refractivity contribution >= 4 is 0 Å². The first kappa shape index (κ1) is 16.5. The topological polar surface area (TPSA) is 34.6 Å². The van der Waals surface area contributed by atoms with Crippen molar-refractivity contribution in [3.63, 3.8) is 0 Å². The highest BCUT2D eigenvalue weighted by Gasteiger charge is 2.43. The molecule has 5 heteroatoms. The number of rotatable bonds is 4. The summed E-state index contributed by atoms with van der Waals surface area (Å²) in [5, 5.41) is 0. The van der Waals surface area contributed by atoms with Gasteiger partial charge in [0.2, 0.25) is 0 Å². The Kier molecular flexibility index (Phi) is 4.68. The summed E-state index contributed by atoms with van der Waals surface area (Å²) in [5.74, 6) is 0.627. The zero-order chi connectivity index (χ0) is 17.1. The number of hydrogen-bond acceptors (Lipinski definition) is 4. The standard InChI is InChI=1S/C20H23FN2O2/c21-17-5-3-16(4-6-17)14-23-10-7-20(8-11-23)12-19(15-24-20)25-18-2-1-9-22-13-18/h1-6,9,13,19H,7-8,10-12,14-15H2/t19-/m1/s1. The molecular weight excluding hydrogens is 319 g/mol. The third-order valence-corrected chi connectivity index (χ3v) is 5.20. The number of pyridine rings is 1. The van der Waals surface area contributed by atoms with Gasteiger partial charge in [0.05, 0.1) is 18.4 Å². The summed E-state index contributed by atoms with van der Waals surface area (Å²) < 4.78 is 25.2. The predicted molar refractivity (Wildman–Crippen MR) is 92.9 cm³/mol. The first-order chi connectivity index (χ1) is 12.2. The van der Waals surface area contributed by atoms with Crippen molar-refractivity contribution < 1.29 is 13.9 Å². The second-order valence-corrected chi connectivity index (χ2v) is 7.03. The number of nitrogens with zero attached hydrogens (tertiary/aromatic N) is 2. The molecule has 2 saturated heterocycles. The van der Waals surface area contributed by atoms with Crippen LogP contribution in [-0.2, 0) is 11.3 Å². The van der Waals surface area contributed by atoms with E-state index in [-0.39, 0.29) is 17.5 Å². The molecule has 2 fully saturated rings. The highest BCUT2D eigenvalue weighted by Crippen LogP contribution is 2.37. The fourth-order valence-corrected chi connectivity index (χ4v) is 3.80. The second-order valence-electron chi connectivity index (χ2n) is 7.03. The molecule has 1 spiro atoms. The third kappa shape index (κ3) is 3.99. The Morgan fingerprint density at radius 2 is 2.00 bits per heavy atom. The molecule has 0 radical (unpaired) electrons. The van der Waals surface area contributed by atoms with E-state index in [1.807, 2.05) is 24.3 Å². The average molecular weight is 342 g/mol. The molecule has 2 aliphatic rings. The van der Waals surface area contributed by atoms with Crippen LogP contribution in [0.1, 0.15) is 24.8 Å². The van der Waals surface area contributed by atoms with Gasteiger partial charge in [-0.15, -0.1) is 0 Å². The molecule has 0 unspecified atom stereocenters. The normalized spacial score (nSPS) is 23.0. The van der Waals surface area contributed by atoms with Crippen LogP contribution in [0.15, 0.2) is 48.8 Å². The molecular formula is C20H23FN2O2. The fourth-order valence-electron chi connectivity index (χ4n) is 3.80. The molecule has 0 amide bonds. The maximum atomic E-state index is 13.0. The zero-order valence-electron chi connectivity index (χ0n) is 14.2. The van der Waals surface area contributed by atoms with E-state index in [1.54, 1.807) is 12.4 Å². The molecule has 0 saturated carbocycles. The summed E-state index contributed by atoms with van der Waals surface area (Å²) >= 11 is 0. The lowest BCUT2D eigenvalue weighted by Gasteiger charge is -2.38. The van der Waals surface area contributed by atoms with Crippen molar-refractivity contribution in [1.29, 1.82) is 0 Å². The smallest absolute Gasteiger partial charge is 0.138 e. The lowest BCUT2D eigenvalue weighted by Crippen LogP contribution is -2.44. The Bertz CT molecular complexity index is 685.